The number of nitrogens with one attached hydrogen (secondary N) is 2. The molecule has 0 bridgehead atoms. The van der Waals surface area contributed by atoms with Gasteiger partial charge >= 0.3 is 0 Å². The summed E-state index contributed by atoms with van der Waals surface area (Å²) in [5, 5.41) is 21.6. The number of hydrogen-bond acceptors (Lipinski definition) is 7. The first kappa shape index (κ1) is 21.8. The molecular formula is C23H32N6O. The molecule has 5 N–H and O–H groups in total. The van der Waals surface area contributed by atoms with E-state index in [1.165, 1.54) is 6.20 Å². The van der Waals surface area contributed by atoms with Gasteiger partial charge in [0.25, 0.3) is 0 Å². The van der Waals surface area contributed by atoms with Crippen LogP contribution in [0, 0.1) is 5.41 Å². The number of benzene rings is 1. The Morgan fingerprint density at radius 1 is 1.20 bits per heavy atom. The van der Waals surface area contributed by atoms with Crippen LogP contribution >= 0.6 is 0 Å². The Morgan fingerprint density at radius 3 is 2.37 bits per heavy atom. The molecule has 0 amide bonds. The Labute approximate surface area is 178 Å². The number of allylic oxidation sites excluding steroid dienone is 1. The first-order valence-electron chi connectivity index (χ1n) is 10.2. The molecule has 0 atom stereocenters. The summed E-state index contributed by atoms with van der Waals surface area (Å²) in [6.45, 7) is 8.94. The van der Waals surface area contributed by atoms with Crippen molar-refractivity contribution in [1.82, 2.24) is 15.3 Å². The van der Waals surface area contributed by atoms with Gasteiger partial charge in [0.05, 0.1) is 18.1 Å². The molecule has 0 spiro atoms. The molecule has 1 aliphatic rings. The molecule has 1 aromatic carbocycles. The number of phenols is 1. The zero-order valence-corrected chi connectivity index (χ0v) is 18.4. The first-order valence-corrected chi connectivity index (χ1v) is 10.2. The molecule has 2 heterocycles. The standard InChI is InChI=1S/C23H32N6O/c1-22(2)9-17(10-23(3,4)28-22)29(5)21-14-26-19(13-27-21)18-7-6-15(8-20(18)30)16(11-24)12-25/h6-8,11-14,17,24,28,30H,9-10,25H2,1-5H3/b16-12+,24-11?. The van der Waals surface area contributed by atoms with Crippen molar-refractivity contribution in [2.45, 2.75) is 57.7 Å². The Kier molecular flexibility index (Phi) is 5.85. The second-order valence-electron chi connectivity index (χ2n) is 9.32. The highest BCUT2D eigenvalue weighted by atomic mass is 16.3. The van der Waals surface area contributed by atoms with Crippen LogP contribution in [-0.4, -0.2) is 45.5 Å². The lowest BCUT2D eigenvalue weighted by molar-refractivity contribution is 0.160. The fourth-order valence-corrected chi connectivity index (χ4v) is 4.53. The predicted molar refractivity (Wildman–Crippen MR) is 123 cm³/mol. The first-order chi connectivity index (χ1) is 14.0. The van der Waals surface area contributed by atoms with Gasteiger partial charge in [0.1, 0.15) is 11.6 Å². The molecular weight excluding hydrogens is 376 g/mol. The Morgan fingerprint density at radius 2 is 1.87 bits per heavy atom. The molecule has 0 aliphatic carbocycles. The van der Waals surface area contributed by atoms with Crippen molar-refractivity contribution >= 4 is 17.6 Å². The molecule has 0 radical (unpaired) electrons. The zero-order chi connectivity index (χ0) is 22.1. The summed E-state index contributed by atoms with van der Waals surface area (Å²) >= 11 is 0. The number of rotatable bonds is 5. The van der Waals surface area contributed by atoms with Crippen molar-refractivity contribution in [3.05, 3.63) is 42.4 Å². The second-order valence-corrected chi connectivity index (χ2v) is 9.32. The number of phenolic OH excluding ortho intramolecular Hbond substituents is 1. The minimum atomic E-state index is 0.0505. The average Bonchev–Trinajstić information content (AvgIpc) is 2.66. The topological polar surface area (TPSA) is 111 Å². The third kappa shape index (κ3) is 4.62. The van der Waals surface area contributed by atoms with Crippen LogP contribution in [0.1, 0.15) is 46.1 Å². The van der Waals surface area contributed by atoms with Crippen LogP contribution in [0.5, 0.6) is 5.75 Å². The summed E-state index contributed by atoms with van der Waals surface area (Å²) in [6.07, 6.45) is 7.98. The van der Waals surface area contributed by atoms with E-state index >= 15 is 0 Å². The molecule has 3 rings (SSSR count). The van der Waals surface area contributed by atoms with Crippen molar-refractivity contribution in [2.75, 3.05) is 11.9 Å². The van der Waals surface area contributed by atoms with E-state index in [1.54, 1.807) is 30.6 Å². The maximum absolute atomic E-state index is 10.5. The number of anilines is 1. The molecule has 1 aromatic heterocycles. The van der Waals surface area contributed by atoms with E-state index in [0.717, 1.165) is 24.9 Å². The maximum Gasteiger partial charge on any atom is 0.147 e. The number of nitrogens with two attached hydrogens (primary N) is 1. The summed E-state index contributed by atoms with van der Waals surface area (Å²) < 4.78 is 0. The quantitative estimate of drug-likeness (QED) is 0.563. The monoisotopic (exact) mass is 408 g/mol. The SMILES string of the molecule is CN(c1cnc(-c2ccc(/C(C=N)=C/N)cc2O)cn1)C1CC(C)(C)NC(C)(C)C1. The number of aromatic hydroxyl groups is 1. The molecule has 1 fully saturated rings. The molecule has 0 unspecified atom stereocenters. The smallest absolute Gasteiger partial charge is 0.147 e. The van der Waals surface area contributed by atoms with Crippen LogP contribution in [-0.2, 0) is 0 Å². The fraction of sp³-hybridized carbons (Fsp3) is 0.435. The van der Waals surface area contributed by atoms with Gasteiger partial charge in [0.15, 0.2) is 0 Å². The van der Waals surface area contributed by atoms with E-state index in [0.29, 0.717) is 28.4 Å². The van der Waals surface area contributed by atoms with Crippen LogP contribution in [0.3, 0.4) is 0 Å². The number of hydrogen-bond donors (Lipinski definition) is 4. The summed E-state index contributed by atoms with van der Waals surface area (Å²) in [5.74, 6) is 0.886. The second kappa shape index (κ2) is 8.07. The lowest BCUT2D eigenvalue weighted by atomic mass is 9.79. The van der Waals surface area contributed by atoms with E-state index in [-0.39, 0.29) is 16.8 Å². The molecule has 7 nitrogen and oxygen atoms in total. The van der Waals surface area contributed by atoms with Crippen molar-refractivity contribution < 1.29 is 5.11 Å². The molecule has 7 heteroatoms. The van der Waals surface area contributed by atoms with Crippen molar-refractivity contribution in [1.29, 1.82) is 5.41 Å². The van der Waals surface area contributed by atoms with E-state index in [9.17, 15) is 5.11 Å². The number of aromatic nitrogens is 2. The van der Waals surface area contributed by atoms with Crippen LogP contribution in [0.2, 0.25) is 0 Å². The van der Waals surface area contributed by atoms with Crippen LogP contribution in [0.4, 0.5) is 5.82 Å². The normalized spacial score (nSPS) is 18.8. The minimum absolute atomic E-state index is 0.0505. The third-order valence-electron chi connectivity index (χ3n) is 5.66. The van der Waals surface area contributed by atoms with Crippen LogP contribution in [0.25, 0.3) is 16.8 Å². The summed E-state index contributed by atoms with van der Waals surface area (Å²) in [4.78, 5) is 11.4. The Bertz CT molecular complexity index is 933. The maximum atomic E-state index is 10.5. The highest BCUT2D eigenvalue weighted by Crippen LogP contribution is 2.34. The van der Waals surface area contributed by atoms with Gasteiger partial charge in [-0.1, -0.05) is 6.07 Å². The fourth-order valence-electron chi connectivity index (χ4n) is 4.53. The van der Waals surface area contributed by atoms with Crippen LogP contribution in [0.15, 0.2) is 36.8 Å². The molecule has 1 aliphatic heterocycles. The van der Waals surface area contributed by atoms with Gasteiger partial charge in [-0.25, -0.2) is 4.98 Å². The largest absolute Gasteiger partial charge is 0.507 e. The van der Waals surface area contributed by atoms with Gasteiger partial charge in [-0.3, -0.25) is 4.98 Å². The van der Waals surface area contributed by atoms with E-state index in [2.05, 4.69) is 54.9 Å². The molecule has 1 saturated heterocycles. The van der Waals surface area contributed by atoms with Gasteiger partial charge in [0.2, 0.25) is 0 Å². The predicted octanol–water partition coefficient (Wildman–Crippen LogP) is 3.54. The summed E-state index contributed by atoms with van der Waals surface area (Å²) in [6, 6.07) is 5.51. The lowest BCUT2D eigenvalue weighted by Crippen LogP contribution is -2.62. The van der Waals surface area contributed by atoms with Gasteiger partial charge in [-0.2, -0.15) is 0 Å². The highest BCUT2D eigenvalue weighted by Gasteiger charge is 2.39. The average molecular weight is 409 g/mol. The van der Waals surface area contributed by atoms with Crippen molar-refractivity contribution in [2.24, 2.45) is 5.73 Å². The van der Waals surface area contributed by atoms with E-state index < -0.39 is 0 Å². The van der Waals surface area contributed by atoms with Gasteiger partial charge in [-0.15, -0.1) is 0 Å². The molecule has 2 aromatic rings. The van der Waals surface area contributed by atoms with Crippen molar-refractivity contribution in [3.63, 3.8) is 0 Å². The third-order valence-corrected chi connectivity index (χ3v) is 5.66. The molecule has 160 valence electrons. The number of nitrogens with zero attached hydrogens (tertiary/aromatic N) is 3. The number of piperidine rings is 1. The van der Waals surface area contributed by atoms with Gasteiger partial charge < -0.3 is 26.5 Å². The zero-order valence-electron chi connectivity index (χ0n) is 18.4. The lowest BCUT2D eigenvalue weighted by Gasteiger charge is -2.49. The Hall–Kier alpha value is -2.93. The van der Waals surface area contributed by atoms with Crippen molar-refractivity contribution in [3.8, 4) is 17.0 Å². The van der Waals surface area contributed by atoms with E-state index in [1.807, 2.05) is 0 Å². The Balaban J connectivity index is 1.82. The van der Waals surface area contributed by atoms with Gasteiger partial charge in [-0.05, 0) is 58.2 Å². The van der Waals surface area contributed by atoms with Gasteiger partial charge in [0, 0.05) is 47.7 Å². The summed E-state index contributed by atoms with van der Waals surface area (Å²) in [7, 11) is 2.07. The molecule has 30 heavy (non-hydrogen) atoms. The molecule has 0 saturated carbocycles. The summed E-state index contributed by atoms with van der Waals surface area (Å²) in [5.41, 5.74) is 8.02. The minimum Gasteiger partial charge on any atom is -0.507 e. The van der Waals surface area contributed by atoms with E-state index in [4.69, 9.17) is 11.1 Å². The highest BCUT2D eigenvalue weighted by molar-refractivity contribution is 6.08. The van der Waals surface area contributed by atoms with Crippen LogP contribution < -0.4 is 16.0 Å².